The summed E-state index contributed by atoms with van der Waals surface area (Å²) in [5, 5.41) is 0. The van der Waals surface area contributed by atoms with E-state index in [1.165, 1.54) is 17.7 Å². The van der Waals surface area contributed by atoms with Gasteiger partial charge in [-0.25, -0.2) is 0 Å². The van der Waals surface area contributed by atoms with E-state index in [1.807, 2.05) is 6.20 Å². The largest absolute Gasteiger partial charge is 0.261 e. The Kier molecular flexibility index (Phi) is 3.90. The lowest BCUT2D eigenvalue weighted by atomic mass is 9.87. The normalized spacial score (nSPS) is 19.9. The molecular formula is C14H23N. The standard InChI is InChI=1S/C14H23N/c1-6-7-12-10-14(4,5)8-9-15-13(12)11(2)3/h8-11H,6-7H2,1-5H3. The zero-order chi connectivity index (χ0) is 11.5. The number of aliphatic imine (C=N–C) groups is 1. The summed E-state index contributed by atoms with van der Waals surface area (Å²) in [6.45, 7) is 11.1. The van der Waals surface area contributed by atoms with Gasteiger partial charge in [0.1, 0.15) is 0 Å². The van der Waals surface area contributed by atoms with Crippen molar-refractivity contribution in [2.45, 2.75) is 47.5 Å². The first kappa shape index (κ1) is 12.2. The fourth-order valence-corrected chi connectivity index (χ4v) is 1.95. The van der Waals surface area contributed by atoms with Gasteiger partial charge in [0.25, 0.3) is 0 Å². The molecule has 1 heterocycles. The van der Waals surface area contributed by atoms with Crippen molar-refractivity contribution in [1.82, 2.24) is 0 Å². The number of hydrogen-bond donors (Lipinski definition) is 0. The first-order chi connectivity index (χ1) is 6.96. The van der Waals surface area contributed by atoms with Crippen LogP contribution in [0.15, 0.2) is 28.9 Å². The molecule has 0 atom stereocenters. The molecule has 1 heteroatoms. The van der Waals surface area contributed by atoms with Crippen molar-refractivity contribution in [3.63, 3.8) is 0 Å². The zero-order valence-electron chi connectivity index (χ0n) is 10.7. The van der Waals surface area contributed by atoms with Gasteiger partial charge in [-0.1, -0.05) is 53.2 Å². The molecule has 0 saturated heterocycles. The molecule has 1 aliphatic heterocycles. The number of rotatable bonds is 3. The van der Waals surface area contributed by atoms with Crippen LogP contribution < -0.4 is 0 Å². The molecule has 0 N–H and O–H groups in total. The molecule has 0 fully saturated rings. The topological polar surface area (TPSA) is 12.4 Å². The minimum absolute atomic E-state index is 0.143. The molecular weight excluding hydrogens is 182 g/mol. The predicted octanol–water partition coefficient (Wildman–Crippen LogP) is 4.36. The van der Waals surface area contributed by atoms with Gasteiger partial charge < -0.3 is 0 Å². The zero-order valence-corrected chi connectivity index (χ0v) is 10.7. The maximum absolute atomic E-state index is 4.59. The average molecular weight is 205 g/mol. The molecule has 84 valence electrons. The lowest BCUT2D eigenvalue weighted by Gasteiger charge is -2.18. The summed E-state index contributed by atoms with van der Waals surface area (Å²) in [5.41, 5.74) is 2.84. The molecule has 0 spiro atoms. The molecule has 1 nitrogen and oxygen atoms in total. The van der Waals surface area contributed by atoms with Crippen molar-refractivity contribution >= 4 is 5.71 Å². The molecule has 0 bridgehead atoms. The molecule has 0 radical (unpaired) electrons. The minimum atomic E-state index is 0.143. The lowest BCUT2D eigenvalue weighted by molar-refractivity contribution is 0.619. The molecule has 0 aromatic heterocycles. The third kappa shape index (κ3) is 3.33. The molecule has 0 unspecified atom stereocenters. The Morgan fingerprint density at radius 1 is 1.33 bits per heavy atom. The summed E-state index contributed by atoms with van der Waals surface area (Å²) >= 11 is 0. The first-order valence-electron chi connectivity index (χ1n) is 5.94. The summed E-state index contributed by atoms with van der Waals surface area (Å²) in [7, 11) is 0. The summed E-state index contributed by atoms with van der Waals surface area (Å²) in [4.78, 5) is 4.59. The lowest BCUT2D eigenvalue weighted by Crippen LogP contribution is -2.12. The highest BCUT2D eigenvalue weighted by Gasteiger charge is 2.18. The van der Waals surface area contributed by atoms with Crippen LogP contribution in [-0.4, -0.2) is 5.71 Å². The second-order valence-electron chi connectivity index (χ2n) is 5.23. The van der Waals surface area contributed by atoms with Gasteiger partial charge in [-0.3, -0.25) is 4.99 Å². The van der Waals surface area contributed by atoms with Crippen molar-refractivity contribution in [2.24, 2.45) is 16.3 Å². The van der Waals surface area contributed by atoms with E-state index in [0.717, 1.165) is 6.42 Å². The van der Waals surface area contributed by atoms with Gasteiger partial charge in [0.05, 0.1) is 0 Å². The van der Waals surface area contributed by atoms with Crippen LogP contribution in [0.1, 0.15) is 47.5 Å². The smallest absolute Gasteiger partial charge is 0.0457 e. The van der Waals surface area contributed by atoms with Crippen LogP contribution in [-0.2, 0) is 0 Å². The Labute approximate surface area is 94.0 Å². The second-order valence-corrected chi connectivity index (χ2v) is 5.23. The van der Waals surface area contributed by atoms with Crippen molar-refractivity contribution in [3.8, 4) is 0 Å². The van der Waals surface area contributed by atoms with E-state index in [-0.39, 0.29) is 5.41 Å². The molecule has 0 amide bonds. The van der Waals surface area contributed by atoms with Crippen molar-refractivity contribution < 1.29 is 0 Å². The van der Waals surface area contributed by atoms with Crippen molar-refractivity contribution in [3.05, 3.63) is 23.9 Å². The van der Waals surface area contributed by atoms with E-state index in [1.54, 1.807) is 0 Å². The summed E-state index contributed by atoms with van der Waals surface area (Å²) in [6, 6.07) is 0. The van der Waals surface area contributed by atoms with Crippen molar-refractivity contribution in [2.75, 3.05) is 0 Å². The van der Waals surface area contributed by atoms with Gasteiger partial charge in [0, 0.05) is 17.3 Å². The van der Waals surface area contributed by atoms with Gasteiger partial charge in [0.2, 0.25) is 0 Å². The van der Waals surface area contributed by atoms with E-state index in [4.69, 9.17) is 0 Å². The number of nitrogens with zero attached hydrogens (tertiary/aromatic N) is 1. The molecule has 1 rings (SSSR count). The maximum Gasteiger partial charge on any atom is 0.0457 e. The fraction of sp³-hybridized carbons (Fsp3) is 0.643. The van der Waals surface area contributed by atoms with Gasteiger partial charge in [-0.15, -0.1) is 0 Å². The van der Waals surface area contributed by atoms with Gasteiger partial charge in [0.15, 0.2) is 0 Å². The van der Waals surface area contributed by atoms with E-state index >= 15 is 0 Å². The van der Waals surface area contributed by atoms with E-state index in [0.29, 0.717) is 5.92 Å². The summed E-state index contributed by atoms with van der Waals surface area (Å²) in [5.74, 6) is 0.515. The predicted molar refractivity (Wildman–Crippen MR) is 68.2 cm³/mol. The third-order valence-electron chi connectivity index (χ3n) is 2.66. The van der Waals surface area contributed by atoms with Crippen LogP contribution in [0.25, 0.3) is 0 Å². The highest BCUT2D eigenvalue weighted by atomic mass is 14.7. The van der Waals surface area contributed by atoms with Gasteiger partial charge in [-0.2, -0.15) is 0 Å². The average Bonchev–Trinajstić information content (AvgIpc) is 2.24. The van der Waals surface area contributed by atoms with Crippen molar-refractivity contribution in [1.29, 1.82) is 0 Å². The van der Waals surface area contributed by atoms with Crippen LogP contribution >= 0.6 is 0 Å². The molecule has 0 aromatic carbocycles. The monoisotopic (exact) mass is 205 g/mol. The van der Waals surface area contributed by atoms with E-state index in [2.05, 4.69) is 51.8 Å². The Bertz CT molecular complexity index is 303. The molecule has 15 heavy (non-hydrogen) atoms. The summed E-state index contributed by atoms with van der Waals surface area (Å²) in [6.07, 6.45) is 8.85. The Hall–Kier alpha value is -0.850. The van der Waals surface area contributed by atoms with Gasteiger partial charge in [-0.05, 0) is 17.9 Å². The van der Waals surface area contributed by atoms with Crippen LogP contribution in [0.5, 0.6) is 0 Å². The summed E-state index contributed by atoms with van der Waals surface area (Å²) < 4.78 is 0. The van der Waals surface area contributed by atoms with Gasteiger partial charge >= 0.3 is 0 Å². The quantitative estimate of drug-likeness (QED) is 0.649. The van der Waals surface area contributed by atoms with Crippen LogP contribution in [0.3, 0.4) is 0 Å². The highest BCUT2D eigenvalue weighted by molar-refractivity contribution is 6.02. The third-order valence-corrected chi connectivity index (χ3v) is 2.66. The molecule has 1 aliphatic rings. The SMILES string of the molecule is CCCC1=CC(C)(C)C=CN=C1C(C)C. The Morgan fingerprint density at radius 2 is 2.00 bits per heavy atom. The maximum atomic E-state index is 4.59. The Balaban J connectivity index is 3.06. The molecule has 0 saturated carbocycles. The molecule has 0 aliphatic carbocycles. The van der Waals surface area contributed by atoms with Crippen LogP contribution in [0.4, 0.5) is 0 Å². The highest BCUT2D eigenvalue weighted by Crippen LogP contribution is 2.27. The molecule has 0 aromatic rings. The van der Waals surface area contributed by atoms with Crippen LogP contribution in [0.2, 0.25) is 0 Å². The fourth-order valence-electron chi connectivity index (χ4n) is 1.95. The number of allylic oxidation sites excluding steroid dienone is 3. The minimum Gasteiger partial charge on any atom is -0.261 e. The second kappa shape index (κ2) is 4.78. The number of hydrogen-bond acceptors (Lipinski definition) is 1. The Morgan fingerprint density at radius 3 is 2.53 bits per heavy atom. The van der Waals surface area contributed by atoms with Crippen LogP contribution in [0, 0.1) is 11.3 Å². The van der Waals surface area contributed by atoms with E-state index in [9.17, 15) is 0 Å². The van der Waals surface area contributed by atoms with E-state index < -0.39 is 0 Å². The first-order valence-corrected chi connectivity index (χ1v) is 5.94.